The largest absolute Gasteiger partial charge is 0.350 e. The highest BCUT2D eigenvalue weighted by Gasteiger charge is 2.30. The van der Waals surface area contributed by atoms with E-state index in [0.717, 1.165) is 51.3 Å². The van der Waals surface area contributed by atoms with Crippen LogP contribution in [-0.2, 0) is 9.47 Å². The Morgan fingerprint density at radius 2 is 1.67 bits per heavy atom. The molecule has 0 aliphatic carbocycles. The third-order valence-electron chi connectivity index (χ3n) is 5.09. The number of nitrogens with zero attached hydrogens (tertiary/aromatic N) is 2. The molecule has 1 aliphatic rings. The monoisotopic (exact) mass is 402 g/mol. The maximum atomic E-state index is 12.8. The molecule has 0 N–H and O–H groups in total. The fourth-order valence-electron chi connectivity index (χ4n) is 3.21. The van der Waals surface area contributed by atoms with Crippen molar-refractivity contribution in [3.05, 3.63) is 0 Å². The predicted octanol–water partition coefficient (Wildman–Crippen LogP) is 4.85. The van der Waals surface area contributed by atoms with Crippen LogP contribution in [0.5, 0.6) is 0 Å². The van der Waals surface area contributed by atoms with Gasteiger partial charge in [0.25, 0.3) is 5.24 Å². The van der Waals surface area contributed by atoms with E-state index >= 15 is 0 Å². The van der Waals surface area contributed by atoms with E-state index < -0.39 is 5.79 Å². The first kappa shape index (κ1) is 24.7. The summed E-state index contributed by atoms with van der Waals surface area (Å²) in [5.41, 5.74) is 0. The fraction of sp³-hybridized carbons (Fsp3) is 0.952. The summed E-state index contributed by atoms with van der Waals surface area (Å²) < 4.78 is 11.6. The second kappa shape index (κ2) is 13.8. The molecule has 0 aromatic rings. The lowest BCUT2D eigenvalue weighted by Gasteiger charge is -2.37. The van der Waals surface area contributed by atoms with Crippen molar-refractivity contribution in [1.82, 2.24) is 9.80 Å². The molecule has 1 rings (SSSR count). The summed E-state index contributed by atoms with van der Waals surface area (Å²) in [5, 5.41) is 0.218. The van der Waals surface area contributed by atoms with E-state index in [1.165, 1.54) is 31.0 Å². The van der Waals surface area contributed by atoms with Gasteiger partial charge in [-0.2, -0.15) is 0 Å². The zero-order chi connectivity index (χ0) is 20.1. The molecule has 0 aromatic carbocycles. The van der Waals surface area contributed by atoms with Crippen molar-refractivity contribution in [2.75, 3.05) is 51.7 Å². The first-order chi connectivity index (χ1) is 12.9. The summed E-state index contributed by atoms with van der Waals surface area (Å²) in [4.78, 5) is 17.2. The average Bonchev–Trinajstić information content (AvgIpc) is 2.65. The quantitative estimate of drug-likeness (QED) is 0.412. The van der Waals surface area contributed by atoms with Gasteiger partial charge in [0, 0.05) is 24.8 Å². The molecule has 0 saturated carbocycles. The van der Waals surface area contributed by atoms with Gasteiger partial charge in [0.1, 0.15) is 0 Å². The van der Waals surface area contributed by atoms with Gasteiger partial charge in [-0.05, 0) is 46.3 Å². The number of hydrogen-bond acceptors (Lipinski definition) is 5. The zero-order valence-electron chi connectivity index (χ0n) is 18.3. The lowest BCUT2D eigenvalue weighted by atomic mass is 10.1. The van der Waals surface area contributed by atoms with Crippen LogP contribution >= 0.6 is 11.8 Å². The van der Waals surface area contributed by atoms with Gasteiger partial charge in [0.2, 0.25) is 0 Å². The molecule has 1 heterocycles. The minimum absolute atomic E-state index is 0.218. The Balaban J connectivity index is 2.43. The van der Waals surface area contributed by atoms with Gasteiger partial charge in [-0.15, -0.1) is 0 Å². The minimum Gasteiger partial charge on any atom is -0.350 e. The highest BCUT2D eigenvalue weighted by atomic mass is 32.2. The van der Waals surface area contributed by atoms with Crippen LogP contribution in [0, 0.1) is 5.92 Å². The second-order valence-electron chi connectivity index (χ2n) is 7.89. The smallest absolute Gasteiger partial charge is 0.281 e. The van der Waals surface area contributed by atoms with E-state index in [1.54, 1.807) is 0 Å². The molecule has 1 fully saturated rings. The second-order valence-corrected chi connectivity index (χ2v) is 8.94. The standard InChI is InChI=1S/C21H42N2O3S/c1-6-9-10-11-14-23(16-19-17-25-21(4,5)26-18-19)20(24)27-15-12-13-22(7-2)8-3/h19H,6-18H2,1-5H3. The summed E-state index contributed by atoms with van der Waals surface area (Å²) in [5.74, 6) is 0.668. The van der Waals surface area contributed by atoms with Crippen molar-refractivity contribution in [3.8, 4) is 0 Å². The number of hydrogen-bond donors (Lipinski definition) is 0. The number of rotatable bonds is 13. The molecule has 5 nitrogen and oxygen atoms in total. The molecule has 0 spiro atoms. The summed E-state index contributed by atoms with van der Waals surface area (Å²) in [7, 11) is 0. The molecule has 1 amide bonds. The molecule has 0 atom stereocenters. The van der Waals surface area contributed by atoms with Crippen molar-refractivity contribution < 1.29 is 14.3 Å². The average molecular weight is 403 g/mol. The molecule has 6 heteroatoms. The zero-order valence-corrected chi connectivity index (χ0v) is 19.1. The fourth-order valence-corrected chi connectivity index (χ4v) is 4.01. The van der Waals surface area contributed by atoms with E-state index in [1.807, 2.05) is 18.7 Å². The van der Waals surface area contributed by atoms with Crippen LogP contribution in [0.25, 0.3) is 0 Å². The Morgan fingerprint density at radius 3 is 2.26 bits per heavy atom. The number of unbranched alkanes of at least 4 members (excludes halogenated alkanes) is 3. The lowest BCUT2D eigenvalue weighted by molar-refractivity contribution is -0.262. The van der Waals surface area contributed by atoms with Crippen LogP contribution in [-0.4, -0.2) is 72.5 Å². The van der Waals surface area contributed by atoms with Crippen LogP contribution in [0.1, 0.15) is 66.7 Å². The Hall–Kier alpha value is -0.300. The number of amides is 1. The SMILES string of the molecule is CCCCCCN(CC1COC(C)(C)OC1)C(=O)SCCCN(CC)CC. The van der Waals surface area contributed by atoms with Gasteiger partial charge < -0.3 is 19.3 Å². The highest BCUT2D eigenvalue weighted by molar-refractivity contribution is 8.13. The molecular formula is C21H42N2O3S. The van der Waals surface area contributed by atoms with Gasteiger partial charge in [0.15, 0.2) is 5.79 Å². The number of ether oxygens (including phenoxy) is 2. The summed E-state index contributed by atoms with van der Waals surface area (Å²) in [6.07, 6.45) is 5.79. The van der Waals surface area contributed by atoms with Gasteiger partial charge in [-0.3, -0.25) is 4.79 Å². The van der Waals surface area contributed by atoms with Gasteiger partial charge >= 0.3 is 0 Å². The van der Waals surface area contributed by atoms with Crippen molar-refractivity contribution in [2.24, 2.45) is 5.92 Å². The molecule has 1 aliphatic heterocycles. The van der Waals surface area contributed by atoms with Gasteiger partial charge in [0.05, 0.1) is 13.2 Å². The summed E-state index contributed by atoms with van der Waals surface area (Å²) in [6, 6.07) is 0. The van der Waals surface area contributed by atoms with E-state index in [9.17, 15) is 4.79 Å². The van der Waals surface area contributed by atoms with E-state index in [0.29, 0.717) is 13.2 Å². The maximum absolute atomic E-state index is 12.8. The lowest BCUT2D eigenvalue weighted by Crippen LogP contribution is -2.44. The van der Waals surface area contributed by atoms with Crippen LogP contribution in [0.3, 0.4) is 0 Å². The van der Waals surface area contributed by atoms with Crippen molar-refractivity contribution >= 4 is 17.0 Å². The number of thioether (sulfide) groups is 1. The molecule has 0 bridgehead atoms. The number of carbonyl (C=O) groups excluding carboxylic acids is 1. The Labute approximate surface area is 171 Å². The minimum atomic E-state index is -0.494. The molecule has 0 unspecified atom stereocenters. The maximum Gasteiger partial charge on any atom is 0.281 e. The molecule has 0 aromatic heterocycles. The third kappa shape index (κ3) is 10.7. The van der Waals surface area contributed by atoms with E-state index in [4.69, 9.17) is 9.47 Å². The first-order valence-corrected chi connectivity index (χ1v) is 11.8. The molecule has 0 radical (unpaired) electrons. The van der Waals surface area contributed by atoms with E-state index in [-0.39, 0.29) is 11.2 Å². The number of carbonyl (C=O) groups is 1. The van der Waals surface area contributed by atoms with Crippen LogP contribution in [0.4, 0.5) is 4.79 Å². The predicted molar refractivity (Wildman–Crippen MR) is 115 cm³/mol. The molecule has 27 heavy (non-hydrogen) atoms. The normalized spacial score (nSPS) is 17.4. The van der Waals surface area contributed by atoms with Crippen LogP contribution in [0.2, 0.25) is 0 Å². The van der Waals surface area contributed by atoms with Crippen molar-refractivity contribution in [1.29, 1.82) is 0 Å². The molecule has 160 valence electrons. The summed E-state index contributed by atoms with van der Waals surface area (Å²) in [6.45, 7) is 16.6. The van der Waals surface area contributed by atoms with Crippen LogP contribution < -0.4 is 0 Å². The van der Waals surface area contributed by atoms with Crippen LogP contribution in [0.15, 0.2) is 0 Å². The van der Waals surface area contributed by atoms with E-state index in [2.05, 4.69) is 25.7 Å². The summed E-state index contributed by atoms with van der Waals surface area (Å²) >= 11 is 1.48. The highest BCUT2D eigenvalue weighted by Crippen LogP contribution is 2.22. The molecular weight excluding hydrogens is 360 g/mol. The first-order valence-electron chi connectivity index (χ1n) is 10.8. The molecule has 1 saturated heterocycles. The Bertz CT molecular complexity index is 393. The Kier molecular flexibility index (Phi) is 12.6. The van der Waals surface area contributed by atoms with Crippen molar-refractivity contribution in [2.45, 2.75) is 72.5 Å². The van der Waals surface area contributed by atoms with Gasteiger partial charge in [-0.25, -0.2) is 0 Å². The van der Waals surface area contributed by atoms with Crippen molar-refractivity contribution in [3.63, 3.8) is 0 Å². The van der Waals surface area contributed by atoms with Gasteiger partial charge in [-0.1, -0.05) is 51.8 Å². The topological polar surface area (TPSA) is 42.0 Å². The third-order valence-corrected chi connectivity index (χ3v) is 6.09. The Morgan fingerprint density at radius 1 is 1.00 bits per heavy atom.